The number of aliphatic carboxylic acids is 2. The van der Waals surface area contributed by atoms with Crippen LogP contribution < -0.4 is 21.7 Å². The van der Waals surface area contributed by atoms with E-state index in [4.69, 9.17) is 15.9 Å². The van der Waals surface area contributed by atoms with Gasteiger partial charge in [-0.05, 0) is 12.0 Å². The first-order valence-corrected chi connectivity index (χ1v) is 10.1. The number of hydrogen-bond acceptors (Lipinski definition) is 8. The molecular weight excluding hydrogens is 444 g/mol. The van der Waals surface area contributed by atoms with Crippen molar-refractivity contribution in [2.75, 3.05) is 12.4 Å². The average Bonchev–Trinajstić information content (AvgIpc) is 2.74. The molecule has 1 aromatic carbocycles. The largest absolute Gasteiger partial charge is 0.481 e. The van der Waals surface area contributed by atoms with Crippen molar-refractivity contribution in [3.63, 3.8) is 0 Å². The first-order chi connectivity index (χ1) is 15.1. The maximum absolute atomic E-state index is 12.4. The standard InChI is InChI=1S/C19H26N4O8S/c20-11(6-10-4-2-1-3-5-10)16(27)22-13(8-24)17(28)23-14(9-32)18(29)21-12(19(30)31)7-15(25)26/h1-5,11-14,24,32H,6-9,20H2,(H,21,29)(H,22,27)(H,23,28)(H,25,26)(H,30,31). The second-order valence-electron chi connectivity index (χ2n) is 6.78. The highest BCUT2D eigenvalue weighted by molar-refractivity contribution is 7.80. The third kappa shape index (κ3) is 8.91. The quantitative estimate of drug-likeness (QED) is 0.143. The van der Waals surface area contributed by atoms with E-state index in [1.807, 2.05) is 5.32 Å². The highest BCUT2D eigenvalue weighted by Crippen LogP contribution is 2.03. The molecule has 32 heavy (non-hydrogen) atoms. The predicted molar refractivity (Wildman–Crippen MR) is 115 cm³/mol. The fourth-order valence-corrected chi connectivity index (χ4v) is 2.80. The van der Waals surface area contributed by atoms with Gasteiger partial charge in [-0.2, -0.15) is 12.6 Å². The van der Waals surface area contributed by atoms with Crippen LogP contribution in [0.1, 0.15) is 12.0 Å². The third-order valence-electron chi connectivity index (χ3n) is 4.26. The fourth-order valence-electron chi connectivity index (χ4n) is 2.55. The molecule has 0 aliphatic heterocycles. The number of carbonyl (C=O) groups excluding carboxylic acids is 3. The van der Waals surface area contributed by atoms with Crippen LogP contribution in [-0.4, -0.2) is 81.5 Å². The molecular formula is C19H26N4O8S. The Hall–Kier alpha value is -3.16. The van der Waals surface area contributed by atoms with E-state index in [-0.39, 0.29) is 12.2 Å². The molecule has 0 fully saturated rings. The second kappa shape index (κ2) is 13.3. The molecule has 0 radical (unpaired) electrons. The van der Waals surface area contributed by atoms with E-state index < -0.39 is 66.9 Å². The molecule has 1 rings (SSSR count). The molecule has 0 aliphatic carbocycles. The van der Waals surface area contributed by atoms with Gasteiger partial charge in [0.25, 0.3) is 0 Å². The van der Waals surface area contributed by atoms with E-state index in [2.05, 4.69) is 23.3 Å². The summed E-state index contributed by atoms with van der Waals surface area (Å²) in [6, 6.07) is 3.38. The second-order valence-corrected chi connectivity index (χ2v) is 7.15. The summed E-state index contributed by atoms with van der Waals surface area (Å²) < 4.78 is 0. The molecule has 0 bridgehead atoms. The molecule has 3 amide bonds. The first kappa shape index (κ1) is 26.9. The predicted octanol–water partition coefficient (Wildman–Crippen LogP) is -2.51. The van der Waals surface area contributed by atoms with Crippen molar-refractivity contribution < 1.29 is 39.3 Å². The summed E-state index contributed by atoms with van der Waals surface area (Å²) in [6.45, 7) is -0.798. The normalized spacial score (nSPS) is 14.3. The third-order valence-corrected chi connectivity index (χ3v) is 4.62. The minimum absolute atomic E-state index is 0.189. The van der Waals surface area contributed by atoms with E-state index >= 15 is 0 Å². The van der Waals surface area contributed by atoms with Gasteiger partial charge in [0, 0.05) is 5.75 Å². The van der Waals surface area contributed by atoms with Gasteiger partial charge in [-0.15, -0.1) is 0 Å². The molecule has 0 spiro atoms. The van der Waals surface area contributed by atoms with E-state index in [0.29, 0.717) is 0 Å². The molecule has 0 aromatic heterocycles. The Kier molecular flexibility index (Phi) is 11.2. The zero-order valence-electron chi connectivity index (χ0n) is 16.9. The average molecular weight is 471 g/mol. The van der Waals surface area contributed by atoms with E-state index in [0.717, 1.165) is 5.56 Å². The Bertz CT molecular complexity index is 823. The number of hydrogen-bond donors (Lipinski definition) is 8. The molecule has 8 N–H and O–H groups in total. The molecule has 176 valence electrons. The summed E-state index contributed by atoms with van der Waals surface area (Å²) in [5.74, 6) is -5.92. The molecule has 13 heteroatoms. The van der Waals surface area contributed by atoms with Crippen molar-refractivity contribution in [1.29, 1.82) is 0 Å². The summed E-state index contributed by atoms with van der Waals surface area (Å²) in [5, 5.41) is 33.7. The van der Waals surface area contributed by atoms with Crippen LogP contribution in [0.15, 0.2) is 30.3 Å². The first-order valence-electron chi connectivity index (χ1n) is 9.46. The van der Waals surface area contributed by atoms with Crippen molar-refractivity contribution >= 4 is 42.3 Å². The number of amides is 3. The summed E-state index contributed by atoms with van der Waals surface area (Å²) in [4.78, 5) is 58.8. The summed E-state index contributed by atoms with van der Waals surface area (Å²) in [5.41, 5.74) is 6.64. The molecule has 0 heterocycles. The van der Waals surface area contributed by atoms with Gasteiger partial charge in [-0.25, -0.2) is 4.79 Å². The molecule has 1 aromatic rings. The minimum atomic E-state index is -1.72. The summed E-state index contributed by atoms with van der Waals surface area (Å²) in [6.07, 6.45) is -0.683. The number of aliphatic hydroxyl groups is 1. The van der Waals surface area contributed by atoms with Gasteiger partial charge in [0.05, 0.1) is 19.1 Å². The van der Waals surface area contributed by atoms with Crippen LogP contribution in [0.5, 0.6) is 0 Å². The van der Waals surface area contributed by atoms with Crippen LogP contribution in [0.2, 0.25) is 0 Å². The highest BCUT2D eigenvalue weighted by Gasteiger charge is 2.30. The lowest BCUT2D eigenvalue weighted by molar-refractivity contribution is -0.147. The Labute approximate surface area is 189 Å². The van der Waals surface area contributed by atoms with Crippen molar-refractivity contribution in [3.05, 3.63) is 35.9 Å². The smallest absolute Gasteiger partial charge is 0.326 e. The SMILES string of the molecule is NC(Cc1ccccc1)C(=O)NC(CO)C(=O)NC(CS)C(=O)NC(CC(=O)O)C(=O)O. The lowest BCUT2D eigenvalue weighted by atomic mass is 10.1. The van der Waals surface area contributed by atoms with Crippen LogP contribution in [-0.2, 0) is 30.4 Å². The van der Waals surface area contributed by atoms with Gasteiger partial charge in [0.2, 0.25) is 17.7 Å². The summed E-state index contributed by atoms with van der Waals surface area (Å²) in [7, 11) is 0. The Morgan fingerprint density at radius 3 is 1.91 bits per heavy atom. The van der Waals surface area contributed by atoms with Gasteiger partial charge < -0.3 is 37.0 Å². The Morgan fingerprint density at radius 2 is 1.41 bits per heavy atom. The fraction of sp³-hybridized carbons (Fsp3) is 0.421. The van der Waals surface area contributed by atoms with E-state index in [1.54, 1.807) is 30.3 Å². The van der Waals surface area contributed by atoms with Crippen LogP contribution in [0.3, 0.4) is 0 Å². The van der Waals surface area contributed by atoms with Gasteiger partial charge in [0.15, 0.2) is 0 Å². The zero-order valence-corrected chi connectivity index (χ0v) is 17.8. The highest BCUT2D eigenvalue weighted by atomic mass is 32.1. The molecule has 0 saturated carbocycles. The maximum atomic E-state index is 12.4. The number of rotatable bonds is 13. The van der Waals surface area contributed by atoms with Gasteiger partial charge in [-0.1, -0.05) is 30.3 Å². The number of nitrogens with two attached hydrogens (primary N) is 1. The molecule has 4 unspecified atom stereocenters. The Morgan fingerprint density at radius 1 is 0.875 bits per heavy atom. The Balaban J connectivity index is 2.71. The molecule has 0 saturated heterocycles. The van der Waals surface area contributed by atoms with Crippen LogP contribution in [0.25, 0.3) is 0 Å². The number of carboxylic acid groups (broad SMARTS) is 2. The van der Waals surface area contributed by atoms with Crippen LogP contribution >= 0.6 is 12.6 Å². The molecule has 0 aliphatic rings. The van der Waals surface area contributed by atoms with Crippen molar-refractivity contribution in [2.24, 2.45) is 5.73 Å². The van der Waals surface area contributed by atoms with Crippen molar-refractivity contribution in [1.82, 2.24) is 16.0 Å². The van der Waals surface area contributed by atoms with Gasteiger partial charge in [0.1, 0.15) is 18.1 Å². The maximum Gasteiger partial charge on any atom is 0.326 e. The lowest BCUT2D eigenvalue weighted by Gasteiger charge is -2.23. The van der Waals surface area contributed by atoms with Crippen molar-refractivity contribution in [2.45, 2.75) is 37.0 Å². The summed E-state index contributed by atoms with van der Waals surface area (Å²) >= 11 is 3.92. The van der Waals surface area contributed by atoms with Gasteiger partial charge >= 0.3 is 11.9 Å². The zero-order chi connectivity index (χ0) is 24.3. The lowest BCUT2D eigenvalue weighted by Crippen LogP contribution is -2.58. The topological polar surface area (TPSA) is 208 Å². The van der Waals surface area contributed by atoms with E-state index in [1.165, 1.54) is 0 Å². The van der Waals surface area contributed by atoms with E-state index in [9.17, 15) is 29.1 Å². The number of benzene rings is 1. The van der Waals surface area contributed by atoms with Gasteiger partial charge in [-0.3, -0.25) is 19.2 Å². The molecule has 12 nitrogen and oxygen atoms in total. The number of thiol groups is 1. The minimum Gasteiger partial charge on any atom is -0.481 e. The van der Waals surface area contributed by atoms with Crippen molar-refractivity contribution in [3.8, 4) is 0 Å². The monoisotopic (exact) mass is 470 g/mol. The number of nitrogens with one attached hydrogen (secondary N) is 3. The number of carbonyl (C=O) groups is 5. The number of aliphatic hydroxyl groups excluding tert-OH is 1. The molecule has 4 atom stereocenters. The number of carboxylic acids is 2. The van der Waals surface area contributed by atoms with Crippen LogP contribution in [0.4, 0.5) is 0 Å². The van der Waals surface area contributed by atoms with Crippen LogP contribution in [0, 0.1) is 0 Å².